The number of benzene rings is 1. The Morgan fingerprint density at radius 1 is 1.12 bits per heavy atom. The van der Waals surface area contributed by atoms with Crippen LogP contribution in [0.15, 0.2) is 24.3 Å². The van der Waals surface area contributed by atoms with Gasteiger partial charge in [0, 0.05) is 11.5 Å². The first-order valence-corrected chi connectivity index (χ1v) is 6.90. The molecule has 0 amide bonds. The van der Waals surface area contributed by atoms with E-state index in [-0.39, 0.29) is 5.60 Å². The van der Waals surface area contributed by atoms with Gasteiger partial charge in [-0.15, -0.1) is 0 Å². The van der Waals surface area contributed by atoms with E-state index in [1.54, 1.807) is 0 Å². The summed E-state index contributed by atoms with van der Waals surface area (Å²) in [5.41, 5.74) is 2.71. The lowest BCUT2D eigenvalue weighted by atomic mass is 10.2. The third kappa shape index (κ3) is 6.19. The van der Waals surface area contributed by atoms with Crippen molar-refractivity contribution in [2.24, 2.45) is 0 Å². The Morgan fingerprint density at radius 2 is 1.75 bits per heavy atom. The van der Waals surface area contributed by atoms with Crippen LogP contribution in [0.4, 0.5) is 0 Å². The molecule has 0 bridgehead atoms. The van der Waals surface area contributed by atoms with Crippen LogP contribution >= 0.6 is 11.8 Å². The van der Waals surface area contributed by atoms with E-state index in [1.807, 2.05) is 11.8 Å². The first-order chi connectivity index (χ1) is 7.47. The van der Waals surface area contributed by atoms with Crippen LogP contribution in [0.5, 0.6) is 0 Å². The summed E-state index contributed by atoms with van der Waals surface area (Å²) >= 11 is 1.93. The minimum Gasteiger partial charge on any atom is -0.375 e. The highest BCUT2D eigenvalue weighted by Crippen LogP contribution is 2.14. The second-order valence-electron chi connectivity index (χ2n) is 5.00. The van der Waals surface area contributed by atoms with Crippen LogP contribution in [0.2, 0.25) is 0 Å². The van der Waals surface area contributed by atoms with Crippen molar-refractivity contribution in [3.8, 4) is 0 Å². The van der Waals surface area contributed by atoms with Gasteiger partial charge in [0.2, 0.25) is 0 Å². The molecule has 0 fully saturated rings. The lowest BCUT2D eigenvalue weighted by molar-refractivity contribution is 0.00694. The smallest absolute Gasteiger partial charge is 0.0598 e. The second kappa shape index (κ2) is 6.31. The maximum Gasteiger partial charge on any atom is 0.0598 e. The van der Waals surface area contributed by atoms with E-state index >= 15 is 0 Å². The van der Waals surface area contributed by atoms with Crippen molar-refractivity contribution in [2.45, 2.75) is 39.0 Å². The van der Waals surface area contributed by atoms with Gasteiger partial charge in [0.15, 0.2) is 0 Å². The number of rotatable bonds is 5. The Balaban J connectivity index is 2.14. The van der Waals surface area contributed by atoms with E-state index in [4.69, 9.17) is 4.74 Å². The summed E-state index contributed by atoms with van der Waals surface area (Å²) in [6.07, 6.45) is 0. The Bertz CT molecular complexity index is 298. The van der Waals surface area contributed by atoms with Crippen molar-refractivity contribution in [3.05, 3.63) is 35.4 Å². The number of hydrogen-bond donors (Lipinski definition) is 0. The molecule has 0 spiro atoms. The maximum absolute atomic E-state index is 5.67. The van der Waals surface area contributed by atoms with Gasteiger partial charge >= 0.3 is 0 Å². The Kier molecular flexibility index (Phi) is 5.36. The summed E-state index contributed by atoms with van der Waals surface area (Å²) in [6, 6.07) is 8.74. The minimum absolute atomic E-state index is 0.00950. The van der Waals surface area contributed by atoms with Crippen LogP contribution < -0.4 is 0 Å². The summed E-state index contributed by atoms with van der Waals surface area (Å²) in [4.78, 5) is 0. The average Bonchev–Trinajstić information content (AvgIpc) is 2.19. The average molecular weight is 238 g/mol. The Labute approximate surface area is 104 Å². The van der Waals surface area contributed by atoms with Crippen LogP contribution in [0.1, 0.15) is 31.9 Å². The van der Waals surface area contributed by atoms with Crippen LogP contribution in [0.25, 0.3) is 0 Å². The molecular weight excluding hydrogens is 216 g/mol. The third-order valence-electron chi connectivity index (χ3n) is 2.15. The van der Waals surface area contributed by atoms with E-state index in [1.165, 1.54) is 11.1 Å². The van der Waals surface area contributed by atoms with E-state index in [9.17, 15) is 0 Å². The SMILES string of the molecule is Cc1ccc(CSCCOC(C)(C)C)cc1. The molecule has 1 rings (SSSR count). The van der Waals surface area contributed by atoms with Crippen molar-refractivity contribution >= 4 is 11.8 Å². The van der Waals surface area contributed by atoms with Crippen molar-refractivity contribution in [3.63, 3.8) is 0 Å². The number of hydrogen-bond acceptors (Lipinski definition) is 2. The molecule has 16 heavy (non-hydrogen) atoms. The van der Waals surface area contributed by atoms with E-state index < -0.39 is 0 Å². The third-order valence-corrected chi connectivity index (χ3v) is 3.14. The van der Waals surface area contributed by atoms with Gasteiger partial charge in [-0.2, -0.15) is 11.8 Å². The van der Waals surface area contributed by atoms with Gasteiger partial charge in [-0.3, -0.25) is 0 Å². The van der Waals surface area contributed by atoms with Gasteiger partial charge in [0.05, 0.1) is 12.2 Å². The van der Waals surface area contributed by atoms with Crippen LogP contribution in [-0.4, -0.2) is 18.0 Å². The molecule has 0 aliphatic heterocycles. The molecular formula is C14H22OS. The molecule has 1 aromatic rings. The van der Waals surface area contributed by atoms with Crippen LogP contribution in [0.3, 0.4) is 0 Å². The fourth-order valence-electron chi connectivity index (χ4n) is 1.28. The lowest BCUT2D eigenvalue weighted by Gasteiger charge is -2.19. The molecule has 0 saturated carbocycles. The fraction of sp³-hybridized carbons (Fsp3) is 0.571. The fourth-order valence-corrected chi connectivity index (χ4v) is 2.05. The van der Waals surface area contributed by atoms with Crippen molar-refractivity contribution in [2.75, 3.05) is 12.4 Å². The van der Waals surface area contributed by atoms with Crippen molar-refractivity contribution in [1.82, 2.24) is 0 Å². The van der Waals surface area contributed by atoms with Crippen LogP contribution in [0, 0.1) is 6.92 Å². The standard InChI is InChI=1S/C14H22OS/c1-12-5-7-13(8-6-12)11-16-10-9-15-14(2,3)4/h5-8H,9-11H2,1-4H3. The number of aryl methyl sites for hydroxylation is 1. The molecule has 1 aromatic carbocycles. The highest BCUT2D eigenvalue weighted by molar-refractivity contribution is 7.98. The molecule has 1 nitrogen and oxygen atoms in total. The predicted molar refractivity (Wildman–Crippen MR) is 73.0 cm³/mol. The lowest BCUT2D eigenvalue weighted by Crippen LogP contribution is -2.20. The first kappa shape index (κ1) is 13.6. The topological polar surface area (TPSA) is 9.23 Å². The zero-order valence-corrected chi connectivity index (χ0v) is 11.6. The zero-order chi connectivity index (χ0) is 12.0. The van der Waals surface area contributed by atoms with Gasteiger partial charge in [-0.1, -0.05) is 29.8 Å². The Morgan fingerprint density at radius 3 is 2.31 bits per heavy atom. The van der Waals surface area contributed by atoms with Gasteiger partial charge < -0.3 is 4.74 Å². The summed E-state index contributed by atoms with van der Waals surface area (Å²) in [5.74, 6) is 2.14. The van der Waals surface area contributed by atoms with Gasteiger partial charge in [0.1, 0.15) is 0 Å². The molecule has 0 N–H and O–H groups in total. The molecule has 0 atom stereocenters. The summed E-state index contributed by atoms with van der Waals surface area (Å²) in [5, 5.41) is 0. The summed E-state index contributed by atoms with van der Waals surface area (Å²) in [7, 11) is 0. The molecule has 0 heterocycles. The quantitative estimate of drug-likeness (QED) is 0.716. The summed E-state index contributed by atoms with van der Waals surface area (Å²) in [6.45, 7) is 9.24. The second-order valence-corrected chi connectivity index (χ2v) is 6.10. The molecule has 0 aliphatic rings. The normalized spacial score (nSPS) is 11.8. The maximum atomic E-state index is 5.67. The molecule has 0 saturated heterocycles. The van der Waals surface area contributed by atoms with E-state index in [0.29, 0.717) is 0 Å². The first-order valence-electron chi connectivity index (χ1n) is 5.75. The molecule has 90 valence electrons. The summed E-state index contributed by atoms with van der Waals surface area (Å²) < 4.78 is 5.67. The number of ether oxygens (including phenoxy) is 1. The highest BCUT2D eigenvalue weighted by atomic mass is 32.2. The van der Waals surface area contributed by atoms with Crippen molar-refractivity contribution < 1.29 is 4.74 Å². The molecule has 0 unspecified atom stereocenters. The van der Waals surface area contributed by atoms with E-state index in [0.717, 1.165) is 18.1 Å². The minimum atomic E-state index is -0.00950. The van der Waals surface area contributed by atoms with Gasteiger partial charge in [-0.05, 0) is 33.3 Å². The number of thioether (sulfide) groups is 1. The van der Waals surface area contributed by atoms with Crippen molar-refractivity contribution in [1.29, 1.82) is 0 Å². The zero-order valence-electron chi connectivity index (χ0n) is 10.7. The molecule has 0 aromatic heterocycles. The van der Waals surface area contributed by atoms with Gasteiger partial charge in [0.25, 0.3) is 0 Å². The van der Waals surface area contributed by atoms with Gasteiger partial charge in [-0.25, -0.2) is 0 Å². The largest absolute Gasteiger partial charge is 0.375 e. The molecule has 0 radical (unpaired) electrons. The molecule has 0 aliphatic carbocycles. The van der Waals surface area contributed by atoms with Crippen LogP contribution in [-0.2, 0) is 10.5 Å². The Hall–Kier alpha value is -0.470. The van der Waals surface area contributed by atoms with E-state index in [2.05, 4.69) is 52.0 Å². The predicted octanol–water partition coefficient (Wildman–Crippen LogP) is 4.04. The highest BCUT2D eigenvalue weighted by Gasteiger charge is 2.08. The monoisotopic (exact) mass is 238 g/mol. The molecule has 2 heteroatoms.